The number of rotatable bonds is 4. The molecule has 1 saturated carbocycles. The molecule has 0 heterocycles. The lowest BCUT2D eigenvalue weighted by Gasteiger charge is -2.35. The molecular formula is C8H12O4. The van der Waals surface area contributed by atoms with E-state index in [1.165, 1.54) is 0 Å². The molecular weight excluding hydrogens is 160 g/mol. The van der Waals surface area contributed by atoms with Gasteiger partial charge in [0.2, 0.25) is 0 Å². The monoisotopic (exact) mass is 172 g/mol. The minimum Gasteiger partial charge on any atom is -0.481 e. The molecule has 0 aliphatic heterocycles. The van der Waals surface area contributed by atoms with Gasteiger partial charge in [0.05, 0.1) is 5.60 Å². The Hall–Kier alpha value is -0.900. The van der Waals surface area contributed by atoms with Crippen molar-refractivity contribution in [2.24, 2.45) is 0 Å². The van der Waals surface area contributed by atoms with Crippen LogP contribution in [0.15, 0.2) is 0 Å². The second-order valence-corrected chi connectivity index (χ2v) is 3.36. The van der Waals surface area contributed by atoms with Crippen LogP contribution in [0.4, 0.5) is 0 Å². The fourth-order valence-corrected chi connectivity index (χ4v) is 1.36. The van der Waals surface area contributed by atoms with Gasteiger partial charge >= 0.3 is 5.97 Å². The third kappa shape index (κ3) is 2.30. The van der Waals surface area contributed by atoms with Crippen molar-refractivity contribution in [2.75, 3.05) is 0 Å². The number of aliphatic hydroxyl groups is 1. The van der Waals surface area contributed by atoms with Crippen molar-refractivity contribution < 1.29 is 19.8 Å². The average Bonchev–Trinajstić information content (AvgIpc) is 1.81. The molecule has 4 heteroatoms. The zero-order chi connectivity index (χ0) is 9.19. The van der Waals surface area contributed by atoms with Crippen LogP contribution < -0.4 is 0 Å². The van der Waals surface area contributed by atoms with Gasteiger partial charge in [-0.1, -0.05) is 0 Å². The molecule has 0 saturated heterocycles. The fourth-order valence-electron chi connectivity index (χ4n) is 1.36. The van der Waals surface area contributed by atoms with E-state index in [0.29, 0.717) is 12.8 Å². The molecule has 0 unspecified atom stereocenters. The lowest BCUT2D eigenvalue weighted by molar-refractivity contribution is -0.142. The molecule has 68 valence electrons. The summed E-state index contributed by atoms with van der Waals surface area (Å²) in [6.45, 7) is 0. The Kier molecular flexibility index (Phi) is 2.47. The SMILES string of the molecule is O=C(O)CC(=O)CC1(O)CCC1. The van der Waals surface area contributed by atoms with E-state index in [0.717, 1.165) is 6.42 Å². The summed E-state index contributed by atoms with van der Waals surface area (Å²) in [6, 6.07) is 0. The molecule has 1 fully saturated rings. The van der Waals surface area contributed by atoms with Crippen LogP contribution in [-0.4, -0.2) is 27.6 Å². The third-order valence-corrected chi connectivity index (χ3v) is 2.16. The summed E-state index contributed by atoms with van der Waals surface area (Å²) in [5.74, 6) is -1.51. The lowest BCUT2D eigenvalue weighted by Crippen LogP contribution is -2.39. The topological polar surface area (TPSA) is 74.6 Å². The van der Waals surface area contributed by atoms with E-state index in [1.54, 1.807) is 0 Å². The van der Waals surface area contributed by atoms with E-state index in [1.807, 2.05) is 0 Å². The highest BCUT2D eigenvalue weighted by Crippen LogP contribution is 2.34. The summed E-state index contributed by atoms with van der Waals surface area (Å²) in [4.78, 5) is 21.0. The third-order valence-electron chi connectivity index (χ3n) is 2.16. The van der Waals surface area contributed by atoms with Gasteiger partial charge in [0.1, 0.15) is 12.2 Å². The van der Waals surface area contributed by atoms with Crippen LogP contribution in [0.5, 0.6) is 0 Å². The zero-order valence-electron chi connectivity index (χ0n) is 6.75. The van der Waals surface area contributed by atoms with Crippen LogP contribution in [0.25, 0.3) is 0 Å². The maximum absolute atomic E-state index is 10.9. The molecule has 0 aromatic carbocycles. The molecule has 1 rings (SSSR count). The van der Waals surface area contributed by atoms with Gasteiger partial charge < -0.3 is 10.2 Å². The minimum atomic E-state index is -1.12. The average molecular weight is 172 g/mol. The normalized spacial score (nSPS) is 19.8. The predicted molar refractivity (Wildman–Crippen MR) is 40.7 cm³/mol. The van der Waals surface area contributed by atoms with Crippen LogP contribution >= 0.6 is 0 Å². The van der Waals surface area contributed by atoms with Crippen LogP contribution in [-0.2, 0) is 9.59 Å². The predicted octanol–water partition coefficient (Wildman–Crippen LogP) is 0.335. The quantitative estimate of drug-likeness (QED) is 0.599. The molecule has 0 aromatic rings. The first-order valence-corrected chi connectivity index (χ1v) is 3.98. The van der Waals surface area contributed by atoms with Crippen LogP contribution in [0.3, 0.4) is 0 Å². The van der Waals surface area contributed by atoms with E-state index in [4.69, 9.17) is 5.11 Å². The summed E-state index contributed by atoms with van der Waals surface area (Å²) in [5, 5.41) is 17.7. The molecule has 0 amide bonds. The molecule has 0 radical (unpaired) electrons. The fraction of sp³-hybridized carbons (Fsp3) is 0.750. The largest absolute Gasteiger partial charge is 0.481 e. The van der Waals surface area contributed by atoms with Crippen molar-refractivity contribution >= 4 is 11.8 Å². The smallest absolute Gasteiger partial charge is 0.310 e. The molecule has 4 nitrogen and oxygen atoms in total. The summed E-state index contributed by atoms with van der Waals surface area (Å²) < 4.78 is 0. The van der Waals surface area contributed by atoms with E-state index in [-0.39, 0.29) is 12.2 Å². The highest BCUT2D eigenvalue weighted by Gasteiger charge is 2.36. The molecule has 0 spiro atoms. The number of Topliss-reactive ketones (excluding diaryl/α,β-unsaturated/α-hetero) is 1. The Morgan fingerprint density at radius 3 is 2.25 bits per heavy atom. The Balaban J connectivity index is 2.30. The molecule has 12 heavy (non-hydrogen) atoms. The number of ketones is 1. The first-order valence-electron chi connectivity index (χ1n) is 3.98. The number of hydrogen-bond acceptors (Lipinski definition) is 3. The summed E-state index contributed by atoms with van der Waals surface area (Å²) in [5.41, 5.74) is -0.882. The standard InChI is InChI=1S/C8H12O4/c9-6(4-7(10)11)5-8(12)2-1-3-8/h12H,1-5H2,(H,10,11). The van der Waals surface area contributed by atoms with E-state index < -0.39 is 18.0 Å². The number of aliphatic carboxylic acids is 1. The minimum absolute atomic E-state index is 0.000694. The Labute approximate surface area is 70.2 Å². The van der Waals surface area contributed by atoms with Crippen molar-refractivity contribution in [1.29, 1.82) is 0 Å². The Morgan fingerprint density at radius 1 is 1.33 bits per heavy atom. The molecule has 2 N–H and O–H groups in total. The Bertz CT molecular complexity index is 205. The molecule has 1 aliphatic carbocycles. The van der Waals surface area contributed by atoms with E-state index >= 15 is 0 Å². The van der Waals surface area contributed by atoms with Gasteiger partial charge in [-0.05, 0) is 19.3 Å². The van der Waals surface area contributed by atoms with Crippen molar-refractivity contribution in [3.63, 3.8) is 0 Å². The van der Waals surface area contributed by atoms with Crippen LogP contribution in [0, 0.1) is 0 Å². The summed E-state index contributed by atoms with van der Waals surface area (Å²) >= 11 is 0. The van der Waals surface area contributed by atoms with Gasteiger partial charge in [-0.2, -0.15) is 0 Å². The van der Waals surface area contributed by atoms with Crippen molar-refractivity contribution in [1.82, 2.24) is 0 Å². The van der Waals surface area contributed by atoms with Gasteiger partial charge in [-0.15, -0.1) is 0 Å². The second kappa shape index (κ2) is 3.23. The number of hydrogen-bond donors (Lipinski definition) is 2. The first-order chi connectivity index (χ1) is 5.52. The molecule has 1 aliphatic rings. The molecule has 0 bridgehead atoms. The van der Waals surface area contributed by atoms with Gasteiger partial charge in [0.25, 0.3) is 0 Å². The number of carbonyl (C=O) groups is 2. The van der Waals surface area contributed by atoms with Gasteiger partial charge in [0, 0.05) is 6.42 Å². The summed E-state index contributed by atoms with van der Waals surface area (Å²) in [7, 11) is 0. The zero-order valence-corrected chi connectivity index (χ0v) is 6.75. The summed E-state index contributed by atoms with van der Waals surface area (Å²) in [6.07, 6.45) is 1.70. The number of carboxylic acids is 1. The first kappa shape index (κ1) is 9.19. The maximum Gasteiger partial charge on any atom is 0.310 e. The number of carbonyl (C=O) groups excluding carboxylic acids is 1. The molecule has 0 atom stereocenters. The van der Waals surface area contributed by atoms with Crippen molar-refractivity contribution in [3.8, 4) is 0 Å². The van der Waals surface area contributed by atoms with E-state index in [9.17, 15) is 14.7 Å². The number of carboxylic acid groups (broad SMARTS) is 1. The van der Waals surface area contributed by atoms with Crippen LogP contribution in [0.2, 0.25) is 0 Å². The van der Waals surface area contributed by atoms with Gasteiger partial charge in [0.15, 0.2) is 0 Å². The lowest BCUT2D eigenvalue weighted by atomic mass is 9.76. The Morgan fingerprint density at radius 2 is 1.92 bits per heavy atom. The highest BCUT2D eigenvalue weighted by atomic mass is 16.4. The highest BCUT2D eigenvalue weighted by molar-refractivity contribution is 5.95. The van der Waals surface area contributed by atoms with Crippen LogP contribution in [0.1, 0.15) is 32.1 Å². The molecule has 0 aromatic heterocycles. The van der Waals surface area contributed by atoms with E-state index in [2.05, 4.69) is 0 Å². The second-order valence-electron chi connectivity index (χ2n) is 3.36. The van der Waals surface area contributed by atoms with Crippen molar-refractivity contribution in [2.45, 2.75) is 37.7 Å². The van der Waals surface area contributed by atoms with Crippen molar-refractivity contribution in [3.05, 3.63) is 0 Å². The van der Waals surface area contributed by atoms with Gasteiger partial charge in [-0.25, -0.2) is 0 Å². The maximum atomic E-state index is 10.9. The van der Waals surface area contributed by atoms with Gasteiger partial charge in [-0.3, -0.25) is 9.59 Å².